The Hall–Kier alpha value is -3.54. The molecule has 0 radical (unpaired) electrons. The Bertz CT molecular complexity index is 1060. The van der Waals surface area contributed by atoms with E-state index < -0.39 is 0 Å². The van der Waals surface area contributed by atoms with E-state index in [0.717, 1.165) is 5.82 Å². The molecule has 0 saturated carbocycles. The molecule has 0 saturated heterocycles. The van der Waals surface area contributed by atoms with E-state index in [-0.39, 0.29) is 5.82 Å². The second-order valence-electron chi connectivity index (χ2n) is 6.21. The largest absolute Gasteiger partial charge is 0.366 e. The van der Waals surface area contributed by atoms with Crippen LogP contribution in [-0.2, 0) is 6.54 Å². The first-order valence-corrected chi connectivity index (χ1v) is 8.53. The summed E-state index contributed by atoms with van der Waals surface area (Å²) in [5.41, 5.74) is 3.68. The third kappa shape index (κ3) is 4.00. The first-order chi connectivity index (χ1) is 13.2. The van der Waals surface area contributed by atoms with E-state index in [1.807, 2.05) is 18.2 Å². The fraction of sp³-hybridized carbons (Fsp3) is 0.0952. The van der Waals surface area contributed by atoms with Gasteiger partial charge < -0.3 is 9.84 Å². The highest BCUT2D eigenvalue weighted by molar-refractivity contribution is 5.60. The van der Waals surface area contributed by atoms with Crippen LogP contribution in [0.5, 0.6) is 0 Å². The monoisotopic (exact) mass is 360 g/mol. The number of hydrogen-bond donors (Lipinski definition) is 1. The van der Waals surface area contributed by atoms with Gasteiger partial charge in [-0.1, -0.05) is 47.1 Å². The Balaban J connectivity index is 1.46. The van der Waals surface area contributed by atoms with Gasteiger partial charge >= 0.3 is 0 Å². The van der Waals surface area contributed by atoms with Gasteiger partial charge in [-0.2, -0.15) is 4.98 Å². The second kappa shape index (κ2) is 7.37. The number of aromatic nitrogens is 3. The van der Waals surface area contributed by atoms with Gasteiger partial charge in [0.2, 0.25) is 5.82 Å². The third-order valence-electron chi connectivity index (χ3n) is 4.08. The molecule has 0 amide bonds. The van der Waals surface area contributed by atoms with Gasteiger partial charge in [-0.05, 0) is 36.8 Å². The highest BCUT2D eigenvalue weighted by Crippen LogP contribution is 2.23. The molecule has 0 unspecified atom stereocenters. The molecule has 4 rings (SSSR count). The predicted molar refractivity (Wildman–Crippen MR) is 101 cm³/mol. The molecule has 2 aromatic heterocycles. The van der Waals surface area contributed by atoms with Crippen LogP contribution in [0, 0.1) is 12.7 Å². The molecule has 134 valence electrons. The van der Waals surface area contributed by atoms with Gasteiger partial charge in [0.15, 0.2) is 0 Å². The lowest BCUT2D eigenvalue weighted by Gasteiger charge is -2.06. The molecule has 5 nitrogen and oxygen atoms in total. The molecular formula is C21H17FN4O. The molecular weight excluding hydrogens is 343 g/mol. The number of benzene rings is 2. The molecule has 2 heterocycles. The van der Waals surface area contributed by atoms with Crippen LogP contribution in [0.1, 0.15) is 11.1 Å². The molecule has 0 aliphatic carbocycles. The van der Waals surface area contributed by atoms with Crippen molar-refractivity contribution in [2.45, 2.75) is 13.5 Å². The molecule has 0 bridgehead atoms. The molecule has 0 aliphatic rings. The minimum Gasteiger partial charge on any atom is -0.366 e. The lowest BCUT2D eigenvalue weighted by atomic mass is 10.1. The number of anilines is 1. The summed E-state index contributed by atoms with van der Waals surface area (Å²) < 4.78 is 18.6. The molecule has 0 aliphatic heterocycles. The summed E-state index contributed by atoms with van der Waals surface area (Å²) in [4.78, 5) is 8.71. The molecule has 0 fully saturated rings. The second-order valence-corrected chi connectivity index (χ2v) is 6.21. The lowest BCUT2D eigenvalue weighted by Crippen LogP contribution is -2.01. The van der Waals surface area contributed by atoms with Crippen molar-refractivity contribution in [3.05, 3.63) is 83.8 Å². The first-order valence-electron chi connectivity index (χ1n) is 8.53. The van der Waals surface area contributed by atoms with Gasteiger partial charge in [0.05, 0.1) is 5.56 Å². The van der Waals surface area contributed by atoms with Gasteiger partial charge in [-0.3, -0.25) is 0 Å². The molecule has 4 aromatic rings. The summed E-state index contributed by atoms with van der Waals surface area (Å²) in [6.07, 6.45) is 1.67. The van der Waals surface area contributed by atoms with Crippen molar-refractivity contribution in [1.82, 2.24) is 15.1 Å². The Morgan fingerprint density at radius 3 is 2.67 bits per heavy atom. The Kier molecular flexibility index (Phi) is 4.61. The number of halogens is 1. The number of aryl methyl sites for hydroxylation is 1. The summed E-state index contributed by atoms with van der Waals surface area (Å²) in [5, 5.41) is 7.20. The molecule has 0 atom stereocenters. The number of rotatable bonds is 5. The van der Waals surface area contributed by atoms with E-state index in [2.05, 4.69) is 45.6 Å². The third-order valence-corrected chi connectivity index (χ3v) is 4.08. The first kappa shape index (κ1) is 16.9. The van der Waals surface area contributed by atoms with E-state index >= 15 is 0 Å². The topological polar surface area (TPSA) is 63.8 Å². The van der Waals surface area contributed by atoms with E-state index in [9.17, 15) is 4.39 Å². The quantitative estimate of drug-likeness (QED) is 0.551. The molecule has 1 N–H and O–H groups in total. The highest BCUT2D eigenvalue weighted by atomic mass is 19.1. The Labute approximate surface area is 155 Å². The van der Waals surface area contributed by atoms with Crippen LogP contribution in [0.4, 0.5) is 10.2 Å². The SMILES string of the molecule is Cc1cccc(CNc2ccc(-c3nc(-c4cccc(F)c4)no3)cn2)c1. The minimum atomic E-state index is -0.343. The summed E-state index contributed by atoms with van der Waals surface area (Å²) in [7, 11) is 0. The van der Waals surface area contributed by atoms with Crippen LogP contribution >= 0.6 is 0 Å². The zero-order valence-electron chi connectivity index (χ0n) is 14.7. The van der Waals surface area contributed by atoms with E-state index in [1.54, 1.807) is 18.3 Å². The van der Waals surface area contributed by atoms with E-state index in [1.165, 1.54) is 23.3 Å². The van der Waals surface area contributed by atoms with Crippen molar-refractivity contribution in [3.8, 4) is 22.8 Å². The van der Waals surface area contributed by atoms with Crippen molar-refractivity contribution in [3.63, 3.8) is 0 Å². The van der Waals surface area contributed by atoms with Crippen LogP contribution < -0.4 is 5.32 Å². The van der Waals surface area contributed by atoms with Gasteiger partial charge in [0, 0.05) is 18.3 Å². The Morgan fingerprint density at radius 2 is 1.89 bits per heavy atom. The normalized spacial score (nSPS) is 10.7. The zero-order chi connectivity index (χ0) is 18.6. The van der Waals surface area contributed by atoms with Gasteiger partial charge in [0.25, 0.3) is 5.89 Å². The maximum absolute atomic E-state index is 13.3. The van der Waals surface area contributed by atoms with Crippen molar-refractivity contribution >= 4 is 5.82 Å². The van der Waals surface area contributed by atoms with E-state index in [0.29, 0.717) is 29.4 Å². The maximum atomic E-state index is 13.3. The summed E-state index contributed by atoms with van der Waals surface area (Å²) in [6.45, 7) is 2.76. The van der Waals surface area contributed by atoms with Crippen molar-refractivity contribution in [2.24, 2.45) is 0 Å². The molecule has 6 heteroatoms. The average Bonchev–Trinajstić information content (AvgIpc) is 3.17. The van der Waals surface area contributed by atoms with Crippen molar-refractivity contribution < 1.29 is 8.91 Å². The summed E-state index contributed by atoms with van der Waals surface area (Å²) >= 11 is 0. The highest BCUT2D eigenvalue weighted by Gasteiger charge is 2.11. The number of pyridine rings is 1. The standard InChI is InChI=1S/C21H17FN4O/c1-14-4-2-5-15(10-14)12-23-19-9-8-17(13-24-19)21-25-20(26-27-21)16-6-3-7-18(22)11-16/h2-11,13H,12H2,1H3,(H,23,24). The minimum absolute atomic E-state index is 0.339. The van der Waals surface area contributed by atoms with Crippen LogP contribution in [0.15, 0.2) is 71.4 Å². The fourth-order valence-electron chi connectivity index (χ4n) is 2.73. The fourth-order valence-corrected chi connectivity index (χ4v) is 2.73. The van der Waals surface area contributed by atoms with Crippen molar-refractivity contribution in [1.29, 1.82) is 0 Å². The van der Waals surface area contributed by atoms with Gasteiger partial charge in [0.1, 0.15) is 11.6 Å². The molecule has 27 heavy (non-hydrogen) atoms. The maximum Gasteiger partial charge on any atom is 0.259 e. The van der Waals surface area contributed by atoms with Gasteiger partial charge in [-0.25, -0.2) is 9.37 Å². The number of hydrogen-bond acceptors (Lipinski definition) is 5. The van der Waals surface area contributed by atoms with Crippen LogP contribution in [0.25, 0.3) is 22.8 Å². The lowest BCUT2D eigenvalue weighted by molar-refractivity contribution is 0.432. The zero-order valence-corrected chi connectivity index (χ0v) is 14.7. The predicted octanol–water partition coefficient (Wildman–Crippen LogP) is 4.86. The molecule has 0 spiro atoms. The van der Waals surface area contributed by atoms with Crippen molar-refractivity contribution in [2.75, 3.05) is 5.32 Å². The average molecular weight is 360 g/mol. The van der Waals surface area contributed by atoms with Crippen LogP contribution in [0.2, 0.25) is 0 Å². The summed E-state index contributed by atoms with van der Waals surface area (Å²) in [5.74, 6) is 1.09. The van der Waals surface area contributed by atoms with Crippen LogP contribution in [0.3, 0.4) is 0 Å². The van der Waals surface area contributed by atoms with Gasteiger partial charge in [-0.15, -0.1) is 0 Å². The van der Waals surface area contributed by atoms with Crippen LogP contribution in [-0.4, -0.2) is 15.1 Å². The molecule has 2 aromatic carbocycles. The Morgan fingerprint density at radius 1 is 1.00 bits per heavy atom. The van der Waals surface area contributed by atoms with E-state index in [4.69, 9.17) is 4.52 Å². The summed E-state index contributed by atoms with van der Waals surface area (Å²) in [6, 6.07) is 18.1. The number of nitrogens with zero attached hydrogens (tertiary/aromatic N) is 3. The smallest absolute Gasteiger partial charge is 0.259 e. The number of nitrogens with one attached hydrogen (secondary N) is 1.